The van der Waals surface area contributed by atoms with Gasteiger partial charge in [0.25, 0.3) is 5.91 Å². The van der Waals surface area contributed by atoms with E-state index in [0.29, 0.717) is 10.6 Å². The maximum Gasteiger partial charge on any atom is 0.251 e. The van der Waals surface area contributed by atoms with Gasteiger partial charge < -0.3 is 5.32 Å². The molecule has 0 saturated heterocycles. The molecule has 0 aliphatic rings. The number of halogens is 2. The molecule has 1 amide bonds. The molecule has 0 unspecified atom stereocenters. The highest BCUT2D eigenvalue weighted by molar-refractivity contribution is 9.10. The molecule has 4 nitrogen and oxygen atoms in total. The molecular formula is C24H19BrClN3O. The van der Waals surface area contributed by atoms with Gasteiger partial charge in [-0.05, 0) is 60.5 Å². The van der Waals surface area contributed by atoms with E-state index in [-0.39, 0.29) is 11.9 Å². The quantitative estimate of drug-likeness (QED) is 0.336. The van der Waals surface area contributed by atoms with Gasteiger partial charge in [0, 0.05) is 20.6 Å². The minimum absolute atomic E-state index is 0.0847. The van der Waals surface area contributed by atoms with Crippen molar-refractivity contribution in [3.05, 3.63) is 99.5 Å². The summed E-state index contributed by atoms with van der Waals surface area (Å²) in [4.78, 5) is 12.6. The van der Waals surface area contributed by atoms with Crippen LogP contribution >= 0.6 is 27.5 Å². The fourth-order valence-corrected chi connectivity index (χ4v) is 3.54. The molecule has 6 heteroatoms. The first-order valence-electron chi connectivity index (χ1n) is 9.48. The molecule has 1 atom stereocenters. The summed E-state index contributed by atoms with van der Waals surface area (Å²) in [5.74, 6) is -0.110. The number of rotatable bonds is 5. The summed E-state index contributed by atoms with van der Waals surface area (Å²) in [6.07, 6.45) is 0. The van der Waals surface area contributed by atoms with Crippen LogP contribution < -0.4 is 5.32 Å². The number of carbonyl (C=O) groups is 1. The first-order valence-corrected chi connectivity index (χ1v) is 10.6. The Kier molecular flexibility index (Phi) is 6.02. The molecule has 30 heavy (non-hydrogen) atoms. The Balaban J connectivity index is 1.45. The molecule has 1 heterocycles. The third-order valence-corrected chi connectivity index (χ3v) is 5.67. The summed E-state index contributed by atoms with van der Waals surface area (Å²) in [6, 6.07) is 24.8. The molecule has 3 aromatic carbocycles. The fourth-order valence-electron chi connectivity index (χ4n) is 3.15. The van der Waals surface area contributed by atoms with Gasteiger partial charge in [0.1, 0.15) is 0 Å². The predicted octanol–water partition coefficient (Wildman–Crippen LogP) is 6.65. The van der Waals surface area contributed by atoms with Crippen molar-refractivity contribution >= 4 is 33.4 Å². The molecule has 0 radical (unpaired) electrons. The zero-order valence-electron chi connectivity index (χ0n) is 16.2. The average molecular weight is 481 g/mol. The first kappa shape index (κ1) is 20.4. The van der Waals surface area contributed by atoms with Crippen molar-refractivity contribution in [3.8, 4) is 22.5 Å². The highest BCUT2D eigenvalue weighted by atomic mass is 79.9. The van der Waals surface area contributed by atoms with Crippen LogP contribution in [-0.4, -0.2) is 16.1 Å². The van der Waals surface area contributed by atoms with Crippen molar-refractivity contribution in [1.29, 1.82) is 0 Å². The summed E-state index contributed by atoms with van der Waals surface area (Å²) in [7, 11) is 0. The number of aromatic nitrogens is 2. The van der Waals surface area contributed by atoms with Crippen molar-refractivity contribution in [3.63, 3.8) is 0 Å². The van der Waals surface area contributed by atoms with Crippen LogP contribution in [0.1, 0.15) is 28.9 Å². The monoisotopic (exact) mass is 479 g/mol. The molecule has 4 rings (SSSR count). The summed E-state index contributed by atoms with van der Waals surface area (Å²) >= 11 is 9.38. The van der Waals surface area contributed by atoms with Gasteiger partial charge in [-0.3, -0.25) is 9.89 Å². The van der Waals surface area contributed by atoms with Crippen molar-refractivity contribution in [1.82, 2.24) is 15.5 Å². The third-order valence-electron chi connectivity index (χ3n) is 4.89. The van der Waals surface area contributed by atoms with Crippen molar-refractivity contribution < 1.29 is 4.79 Å². The van der Waals surface area contributed by atoms with Crippen LogP contribution in [0.3, 0.4) is 0 Å². The molecule has 0 aliphatic heterocycles. The Morgan fingerprint density at radius 1 is 0.967 bits per heavy atom. The van der Waals surface area contributed by atoms with E-state index in [2.05, 4.69) is 31.4 Å². The summed E-state index contributed by atoms with van der Waals surface area (Å²) in [5, 5.41) is 11.2. The second kappa shape index (κ2) is 8.86. The second-order valence-corrected chi connectivity index (χ2v) is 8.35. The number of hydrogen-bond acceptors (Lipinski definition) is 2. The lowest BCUT2D eigenvalue weighted by atomic mass is 10.1. The first-order chi connectivity index (χ1) is 14.5. The highest BCUT2D eigenvalue weighted by Gasteiger charge is 2.12. The SMILES string of the molecule is C[C@@H](NC(=O)c1ccc(-c2cc(-c3ccc(Cl)cc3)[nH]n2)cc1)c1ccc(Br)cc1. The van der Waals surface area contributed by atoms with Crippen LogP contribution in [0.2, 0.25) is 5.02 Å². The fraction of sp³-hybridized carbons (Fsp3) is 0.0833. The topological polar surface area (TPSA) is 57.8 Å². The van der Waals surface area contributed by atoms with E-state index in [1.165, 1.54) is 0 Å². The Morgan fingerprint density at radius 3 is 2.27 bits per heavy atom. The largest absolute Gasteiger partial charge is 0.346 e. The van der Waals surface area contributed by atoms with E-state index in [1.807, 2.05) is 85.8 Å². The van der Waals surface area contributed by atoms with Crippen molar-refractivity contribution in [2.24, 2.45) is 0 Å². The Labute approximate surface area is 188 Å². The molecular weight excluding hydrogens is 462 g/mol. The minimum atomic E-state index is -0.110. The van der Waals surface area contributed by atoms with E-state index < -0.39 is 0 Å². The van der Waals surface area contributed by atoms with E-state index in [4.69, 9.17) is 11.6 Å². The number of H-pyrrole nitrogens is 1. The lowest BCUT2D eigenvalue weighted by Crippen LogP contribution is -2.26. The van der Waals surface area contributed by atoms with Crippen LogP contribution in [0.4, 0.5) is 0 Å². The van der Waals surface area contributed by atoms with Gasteiger partial charge >= 0.3 is 0 Å². The second-order valence-electron chi connectivity index (χ2n) is 7.00. The highest BCUT2D eigenvalue weighted by Crippen LogP contribution is 2.25. The lowest BCUT2D eigenvalue weighted by Gasteiger charge is -2.14. The maximum absolute atomic E-state index is 12.6. The average Bonchev–Trinajstić information content (AvgIpc) is 3.25. The summed E-state index contributed by atoms with van der Waals surface area (Å²) < 4.78 is 1.01. The van der Waals surface area contributed by atoms with Crippen LogP contribution in [0.5, 0.6) is 0 Å². The molecule has 1 aromatic heterocycles. The van der Waals surface area contributed by atoms with Crippen LogP contribution in [0.15, 0.2) is 83.3 Å². The molecule has 0 fully saturated rings. The lowest BCUT2D eigenvalue weighted by molar-refractivity contribution is 0.0940. The maximum atomic E-state index is 12.6. The van der Waals surface area contributed by atoms with Gasteiger partial charge in [-0.25, -0.2) is 0 Å². The van der Waals surface area contributed by atoms with Gasteiger partial charge in [-0.1, -0.05) is 63.9 Å². The van der Waals surface area contributed by atoms with E-state index >= 15 is 0 Å². The number of nitrogens with one attached hydrogen (secondary N) is 2. The zero-order chi connectivity index (χ0) is 21.1. The van der Waals surface area contributed by atoms with Crippen LogP contribution in [0.25, 0.3) is 22.5 Å². The van der Waals surface area contributed by atoms with Gasteiger partial charge in [0.2, 0.25) is 0 Å². The summed E-state index contributed by atoms with van der Waals surface area (Å²) in [5.41, 5.74) is 5.33. The Bertz CT molecular complexity index is 1150. The smallest absolute Gasteiger partial charge is 0.251 e. The number of hydrogen-bond donors (Lipinski definition) is 2. The summed E-state index contributed by atoms with van der Waals surface area (Å²) in [6.45, 7) is 1.97. The number of aromatic amines is 1. The van der Waals surface area contributed by atoms with Gasteiger partial charge in [0.15, 0.2) is 0 Å². The Morgan fingerprint density at radius 2 is 1.60 bits per heavy atom. The normalized spacial score (nSPS) is 11.8. The van der Waals surface area contributed by atoms with Crippen LogP contribution in [0, 0.1) is 0 Å². The predicted molar refractivity (Wildman–Crippen MR) is 124 cm³/mol. The molecule has 0 bridgehead atoms. The molecule has 4 aromatic rings. The third kappa shape index (κ3) is 4.64. The van der Waals surface area contributed by atoms with E-state index in [9.17, 15) is 4.79 Å². The van der Waals surface area contributed by atoms with Gasteiger partial charge in [-0.15, -0.1) is 0 Å². The number of amides is 1. The molecule has 0 spiro atoms. The van der Waals surface area contributed by atoms with Crippen molar-refractivity contribution in [2.45, 2.75) is 13.0 Å². The van der Waals surface area contributed by atoms with Crippen molar-refractivity contribution in [2.75, 3.05) is 0 Å². The van der Waals surface area contributed by atoms with Gasteiger partial charge in [-0.2, -0.15) is 5.10 Å². The number of carbonyl (C=O) groups excluding carboxylic acids is 1. The van der Waals surface area contributed by atoms with Crippen LogP contribution in [-0.2, 0) is 0 Å². The molecule has 0 aliphatic carbocycles. The standard InChI is InChI=1S/C24H19BrClN3O/c1-15(16-6-10-20(25)11-7-16)27-24(30)19-4-2-17(3-5-19)22-14-23(29-28-22)18-8-12-21(26)13-9-18/h2-15H,1H3,(H,27,30)(H,28,29)/t15-/m1/s1. The molecule has 150 valence electrons. The van der Waals surface area contributed by atoms with Gasteiger partial charge in [0.05, 0.1) is 17.4 Å². The molecule has 0 saturated carbocycles. The Hall–Kier alpha value is -2.89. The minimum Gasteiger partial charge on any atom is -0.346 e. The van der Waals surface area contributed by atoms with E-state index in [0.717, 1.165) is 32.6 Å². The zero-order valence-corrected chi connectivity index (χ0v) is 18.5. The number of nitrogens with zero attached hydrogens (tertiary/aromatic N) is 1. The van der Waals surface area contributed by atoms with E-state index in [1.54, 1.807) is 0 Å². The molecule has 2 N–H and O–H groups in total. The number of benzene rings is 3.